The molecule has 0 spiro atoms. The van der Waals surface area contributed by atoms with E-state index >= 15 is 0 Å². The van der Waals surface area contributed by atoms with Crippen molar-refractivity contribution in [2.24, 2.45) is 0 Å². The Hall–Kier alpha value is -3.43. The van der Waals surface area contributed by atoms with Crippen LogP contribution < -0.4 is 19.5 Å². The summed E-state index contributed by atoms with van der Waals surface area (Å²) in [4.78, 5) is 21.9. The molecule has 2 aromatic carbocycles. The maximum absolute atomic E-state index is 12.3. The van der Waals surface area contributed by atoms with Crippen molar-refractivity contribution >= 4 is 11.6 Å². The van der Waals surface area contributed by atoms with E-state index in [1.54, 1.807) is 0 Å². The van der Waals surface area contributed by atoms with Gasteiger partial charge in [-0.05, 0) is 29.8 Å². The Balaban J connectivity index is 1.85. The molecule has 0 saturated heterocycles. The summed E-state index contributed by atoms with van der Waals surface area (Å²) in [7, 11) is 1.31. The average molecular weight is 382 g/mol. The number of nitro benzene ring substituents is 1. The third-order valence-electron chi connectivity index (χ3n) is 3.35. The van der Waals surface area contributed by atoms with Gasteiger partial charge in [-0.3, -0.25) is 14.9 Å². The second-order valence-electron chi connectivity index (χ2n) is 5.18. The van der Waals surface area contributed by atoms with Gasteiger partial charge < -0.3 is 19.5 Å². The third-order valence-corrected chi connectivity index (χ3v) is 3.35. The van der Waals surface area contributed by atoms with Crippen LogP contribution in [0.3, 0.4) is 0 Å². The topological polar surface area (TPSA) is 99.9 Å². The molecule has 0 unspecified atom stereocenters. The summed E-state index contributed by atoms with van der Waals surface area (Å²) in [6, 6.07) is 9.60. The summed E-state index contributed by atoms with van der Waals surface area (Å²) < 4.78 is 39.1. The van der Waals surface area contributed by atoms with E-state index in [4.69, 9.17) is 9.47 Å². The van der Waals surface area contributed by atoms with Crippen molar-refractivity contribution in [1.29, 1.82) is 0 Å². The standard InChI is InChI=1S/C17H16F2N2O6/c1-25-15-8-11(2-7-14(15)27-17(18)19)9-20-16(22)10-26-13-5-3-12(4-6-13)21(23)24/h2-8,17H,9-10H2,1H3,(H,20,22). The maximum atomic E-state index is 12.3. The van der Waals surface area contributed by atoms with Crippen molar-refractivity contribution in [2.75, 3.05) is 13.7 Å². The first-order valence-corrected chi connectivity index (χ1v) is 7.64. The highest BCUT2D eigenvalue weighted by atomic mass is 19.3. The van der Waals surface area contributed by atoms with Crippen molar-refractivity contribution in [2.45, 2.75) is 13.2 Å². The van der Waals surface area contributed by atoms with Crippen LogP contribution in [0.5, 0.6) is 17.2 Å². The largest absolute Gasteiger partial charge is 0.493 e. The van der Waals surface area contributed by atoms with Gasteiger partial charge in [-0.15, -0.1) is 0 Å². The summed E-state index contributed by atoms with van der Waals surface area (Å²) in [5, 5.41) is 13.2. The number of alkyl halides is 2. The maximum Gasteiger partial charge on any atom is 0.387 e. The zero-order valence-electron chi connectivity index (χ0n) is 14.2. The molecule has 0 aliphatic carbocycles. The second-order valence-corrected chi connectivity index (χ2v) is 5.18. The van der Waals surface area contributed by atoms with Crippen LogP contribution in [0.25, 0.3) is 0 Å². The van der Waals surface area contributed by atoms with Gasteiger partial charge in [-0.1, -0.05) is 6.07 Å². The van der Waals surface area contributed by atoms with Crippen LogP contribution in [0.2, 0.25) is 0 Å². The van der Waals surface area contributed by atoms with E-state index in [1.807, 2.05) is 0 Å². The zero-order valence-corrected chi connectivity index (χ0v) is 14.2. The third kappa shape index (κ3) is 6.10. The first kappa shape index (κ1) is 19.9. The Morgan fingerprint density at radius 2 is 1.89 bits per heavy atom. The van der Waals surface area contributed by atoms with Gasteiger partial charge in [0.05, 0.1) is 12.0 Å². The number of benzene rings is 2. The molecule has 1 amide bonds. The summed E-state index contributed by atoms with van der Waals surface area (Å²) in [5.41, 5.74) is 0.525. The van der Waals surface area contributed by atoms with Crippen LogP contribution in [0, 0.1) is 10.1 Å². The molecule has 0 bridgehead atoms. The molecule has 2 aromatic rings. The molecule has 27 heavy (non-hydrogen) atoms. The number of ether oxygens (including phenoxy) is 3. The molecule has 1 N–H and O–H groups in total. The van der Waals surface area contributed by atoms with Crippen LogP contribution >= 0.6 is 0 Å². The molecule has 0 radical (unpaired) electrons. The van der Waals surface area contributed by atoms with Crippen LogP contribution in [0.4, 0.5) is 14.5 Å². The Labute approximate surface area is 152 Å². The number of halogens is 2. The first-order valence-electron chi connectivity index (χ1n) is 7.64. The monoisotopic (exact) mass is 382 g/mol. The number of carbonyl (C=O) groups is 1. The van der Waals surface area contributed by atoms with E-state index in [9.17, 15) is 23.7 Å². The van der Waals surface area contributed by atoms with Gasteiger partial charge in [-0.25, -0.2) is 0 Å². The summed E-state index contributed by atoms with van der Waals surface area (Å²) >= 11 is 0. The Kier molecular flexibility index (Phi) is 6.86. The van der Waals surface area contributed by atoms with Gasteiger partial charge in [-0.2, -0.15) is 8.78 Å². The molecule has 0 fully saturated rings. The average Bonchev–Trinajstić information content (AvgIpc) is 2.65. The van der Waals surface area contributed by atoms with E-state index in [0.29, 0.717) is 11.3 Å². The van der Waals surface area contributed by atoms with Gasteiger partial charge in [0.1, 0.15) is 5.75 Å². The lowest BCUT2D eigenvalue weighted by Gasteiger charge is -2.12. The predicted octanol–water partition coefficient (Wildman–Crippen LogP) is 2.90. The Morgan fingerprint density at radius 3 is 2.48 bits per heavy atom. The van der Waals surface area contributed by atoms with E-state index in [1.165, 1.54) is 49.6 Å². The predicted molar refractivity (Wildman–Crippen MR) is 90.1 cm³/mol. The number of amides is 1. The van der Waals surface area contributed by atoms with Crippen molar-refractivity contribution in [3.63, 3.8) is 0 Å². The normalized spacial score (nSPS) is 10.4. The smallest absolute Gasteiger partial charge is 0.387 e. The van der Waals surface area contributed by atoms with Crippen molar-refractivity contribution in [3.05, 3.63) is 58.1 Å². The molecule has 144 valence electrons. The zero-order chi connectivity index (χ0) is 19.8. The fourth-order valence-electron chi connectivity index (χ4n) is 2.08. The number of nitro groups is 1. The van der Waals surface area contributed by atoms with Crippen LogP contribution in [-0.2, 0) is 11.3 Å². The lowest BCUT2D eigenvalue weighted by molar-refractivity contribution is -0.384. The lowest BCUT2D eigenvalue weighted by atomic mass is 10.2. The number of carbonyl (C=O) groups excluding carboxylic acids is 1. The minimum absolute atomic E-state index is 0.0833. The van der Waals surface area contributed by atoms with Crippen LogP contribution in [0.1, 0.15) is 5.56 Å². The lowest BCUT2D eigenvalue weighted by Crippen LogP contribution is -2.28. The first-order chi connectivity index (χ1) is 12.9. The number of hydrogen-bond donors (Lipinski definition) is 1. The number of hydrogen-bond acceptors (Lipinski definition) is 6. The second kappa shape index (κ2) is 9.32. The molecular weight excluding hydrogens is 366 g/mol. The van der Waals surface area contributed by atoms with E-state index in [-0.39, 0.29) is 30.3 Å². The van der Waals surface area contributed by atoms with E-state index < -0.39 is 17.4 Å². The van der Waals surface area contributed by atoms with Crippen molar-refractivity contribution < 1.29 is 32.7 Å². The highest BCUT2D eigenvalue weighted by Crippen LogP contribution is 2.29. The van der Waals surface area contributed by atoms with Gasteiger partial charge in [0.2, 0.25) is 0 Å². The highest BCUT2D eigenvalue weighted by Gasteiger charge is 2.12. The quantitative estimate of drug-likeness (QED) is 0.529. The Bertz CT molecular complexity index is 799. The van der Waals surface area contributed by atoms with Crippen molar-refractivity contribution in [1.82, 2.24) is 5.32 Å². The van der Waals surface area contributed by atoms with Gasteiger partial charge in [0, 0.05) is 18.7 Å². The van der Waals surface area contributed by atoms with Gasteiger partial charge in [0.25, 0.3) is 11.6 Å². The molecule has 0 aliphatic rings. The minimum atomic E-state index is -2.97. The van der Waals surface area contributed by atoms with Gasteiger partial charge >= 0.3 is 6.61 Å². The van der Waals surface area contributed by atoms with Gasteiger partial charge in [0.15, 0.2) is 18.1 Å². The number of nitrogens with zero attached hydrogens (tertiary/aromatic N) is 1. The van der Waals surface area contributed by atoms with Crippen LogP contribution in [0.15, 0.2) is 42.5 Å². The SMILES string of the molecule is COc1cc(CNC(=O)COc2ccc([N+](=O)[O-])cc2)ccc1OC(F)F. The molecular formula is C17H16F2N2O6. The summed E-state index contributed by atoms with van der Waals surface area (Å²) in [5.74, 6) is -0.112. The number of nitrogens with one attached hydrogen (secondary N) is 1. The fraction of sp³-hybridized carbons (Fsp3) is 0.235. The van der Waals surface area contributed by atoms with Crippen LogP contribution in [-0.4, -0.2) is 31.2 Å². The molecule has 10 heteroatoms. The summed E-state index contributed by atoms with van der Waals surface area (Å²) in [6.07, 6.45) is 0. The number of methoxy groups -OCH3 is 1. The molecule has 8 nitrogen and oxygen atoms in total. The van der Waals surface area contributed by atoms with E-state index in [0.717, 1.165) is 0 Å². The van der Waals surface area contributed by atoms with Crippen molar-refractivity contribution in [3.8, 4) is 17.2 Å². The molecule has 0 atom stereocenters. The molecule has 0 aliphatic heterocycles. The molecule has 2 rings (SSSR count). The minimum Gasteiger partial charge on any atom is -0.493 e. The molecule has 0 saturated carbocycles. The Morgan fingerprint density at radius 1 is 1.19 bits per heavy atom. The number of non-ortho nitro benzene ring substituents is 1. The fourth-order valence-corrected chi connectivity index (χ4v) is 2.08. The molecule has 0 heterocycles. The highest BCUT2D eigenvalue weighted by molar-refractivity contribution is 5.77. The summed E-state index contributed by atoms with van der Waals surface area (Å²) in [6.45, 7) is -3.14. The molecule has 0 aromatic heterocycles. The van der Waals surface area contributed by atoms with E-state index in [2.05, 4.69) is 10.1 Å². The number of rotatable bonds is 9.